The van der Waals surface area contributed by atoms with Gasteiger partial charge >= 0.3 is 0 Å². The van der Waals surface area contributed by atoms with Crippen LogP contribution in [0.5, 0.6) is 0 Å². The highest BCUT2D eigenvalue weighted by Gasteiger charge is 2.11. The summed E-state index contributed by atoms with van der Waals surface area (Å²) in [6.45, 7) is 0.715. The number of hydrogen-bond donors (Lipinski definition) is 1. The number of ether oxygens (including phenoxy) is 1. The van der Waals surface area contributed by atoms with E-state index in [9.17, 15) is 5.11 Å². The molecule has 0 fully saturated rings. The predicted octanol–water partition coefficient (Wildman–Crippen LogP) is 2.57. The van der Waals surface area contributed by atoms with E-state index in [2.05, 4.69) is 15.4 Å². The monoisotopic (exact) mass is 344 g/mol. The van der Waals surface area contributed by atoms with Crippen LogP contribution in [0.15, 0.2) is 54.6 Å². The largest absolute Gasteiger partial charge is 0.389 e. The molecule has 0 bridgehead atoms. The van der Waals surface area contributed by atoms with Crippen molar-refractivity contribution in [1.29, 1.82) is 0 Å². The Morgan fingerprint density at radius 1 is 1.08 bits per heavy atom. The highest BCUT2D eigenvalue weighted by atomic mass is 35.5. The van der Waals surface area contributed by atoms with E-state index in [4.69, 9.17) is 16.3 Å². The second kappa shape index (κ2) is 8.01. The maximum atomic E-state index is 10.0. The maximum Gasteiger partial charge on any atom is 0.204 e. The van der Waals surface area contributed by atoms with E-state index in [0.29, 0.717) is 17.5 Å². The Balaban J connectivity index is 1.50. The maximum absolute atomic E-state index is 10.0. The van der Waals surface area contributed by atoms with Gasteiger partial charge in [0, 0.05) is 10.6 Å². The van der Waals surface area contributed by atoms with Crippen LogP contribution in [0.4, 0.5) is 0 Å². The molecule has 1 aromatic heterocycles. The molecular weight excluding hydrogens is 328 g/mol. The summed E-state index contributed by atoms with van der Waals surface area (Å²) in [6, 6.07) is 17.0. The average Bonchev–Trinajstić information content (AvgIpc) is 3.06. The number of aliphatic hydroxyl groups excluding tert-OH is 1. The first-order valence-corrected chi connectivity index (χ1v) is 7.92. The van der Waals surface area contributed by atoms with E-state index in [1.54, 1.807) is 6.07 Å². The highest BCUT2D eigenvalue weighted by molar-refractivity contribution is 6.31. The number of rotatable bonds is 7. The minimum absolute atomic E-state index is 0.160. The molecule has 0 aliphatic heterocycles. The first-order chi connectivity index (χ1) is 11.7. The van der Waals surface area contributed by atoms with Gasteiger partial charge in [0.15, 0.2) is 0 Å². The number of aromatic nitrogens is 4. The summed E-state index contributed by atoms with van der Waals surface area (Å²) in [4.78, 5) is 1.37. The molecule has 0 saturated heterocycles. The lowest BCUT2D eigenvalue weighted by Gasteiger charge is -2.11. The Morgan fingerprint density at radius 2 is 1.83 bits per heavy atom. The molecule has 0 aliphatic rings. The van der Waals surface area contributed by atoms with Crippen LogP contribution in [0, 0.1) is 0 Å². The third kappa shape index (κ3) is 4.38. The fourth-order valence-corrected chi connectivity index (χ4v) is 2.38. The SMILES string of the molecule is OC(COCc1ccccc1Cl)Cn1nnc(-c2ccccc2)n1. The molecule has 24 heavy (non-hydrogen) atoms. The van der Waals surface area contributed by atoms with Crippen LogP contribution in [0.2, 0.25) is 5.02 Å². The Bertz CT molecular complexity index is 779. The van der Waals surface area contributed by atoms with Crippen LogP contribution < -0.4 is 0 Å². The zero-order valence-electron chi connectivity index (χ0n) is 12.9. The van der Waals surface area contributed by atoms with E-state index in [0.717, 1.165) is 11.1 Å². The zero-order valence-corrected chi connectivity index (χ0v) is 13.7. The number of halogens is 1. The molecule has 7 heteroatoms. The first kappa shape index (κ1) is 16.6. The van der Waals surface area contributed by atoms with Crippen molar-refractivity contribution in [3.05, 3.63) is 65.2 Å². The summed E-state index contributed by atoms with van der Waals surface area (Å²) in [5, 5.41) is 22.9. The van der Waals surface area contributed by atoms with Crippen molar-refractivity contribution >= 4 is 11.6 Å². The minimum atomic E-state index is -0.731. The van der Waals surface area contributed by atoms with Gasteiger partial charge in [-0.2, -0.15) is 4.80 Å². The van der Waals surface area contributed by atoms with Crippen LogP contribution in [-0.4, -0.2) is 38.0 Å². The van der Waals surface area contributed by atoms with Crippen molar-refractivity contribution < 1.29 is 9.84 Å². The second-order valence-corrected chi connectivity index (χ2v) is 5.70. The highest BCUT2D eigenvalue weighted by Crippen LogP contribution is 2.16. The van der Waals surface area contributed by atoms with Crippen molar-refractivity contribution in [2.45, 2.75) is 19.3 Å². The molecule has 6 nitrogen and oxygen atoms in total. The van der Waals surface area contributed by atoms with Gasteiger partial charge in [0.2, 0.25) is 5.82 Å². The molecular formula is C17H17ClN4O2. The van der Waals surface area contributed by atoms with E-state index >= 15 is 0 Å². The van der Waals surface area contributed by atoms with Crippen molar-refractivity contribution in [1.82, 2.24) is 20.2 Å². The average molecular weight is 345 g/mol. The van der Waals surface area contributed by atoms with Gasteiger partial charge in [-0.25, -0.2) is 0 Å². The third-order valence-electron chi connectivity index (χ3n) is 3.38. The molecule has 0 spiro atoms. The van der Waals surface area contributed by atoms with Crippen LogP contribution >= 0.6 is 11.6 Å². The second-order valence-electron chi connectivity index (χ2n) is 5.29. The fourth-order valence-electron chi connectivity index (χ4n) is 2.18. The fraction of sp³-hybridized carbons (Fsp3) is 0.235. The van der Waals surface area contributed by atoms with Gasteiger partial charge in [-0.05, 0) is 16.8 Å². The molecule has 0 saturated carbocycles. The third-order valence-corrected chi connectivity index (χ3v) is 3.75. The lowest BCUT2D eigenvalue weighted by molar-refractivity contribution is 0.0165. The van der Waals surface area contributed by atoms with Crippen LogP contribution in [0.1, 0.15) is 5.56 Å². The van der Waals surface area contributed by atoms with Crippen LogP contribution in [0.25, 0.3) is 11.4 Å². The molecule has 124 valence electrons. The van der Waals surface area contributed by atoms with Crippen molar-refractivity contribution in [3.63, 3.8) is 0 Å². The molecule has 3 aromatic rings. The quantitative estimate of drug-likeness (QED) is 0.713. The number of hydrogen-bond acceptors (Lipinski definition) is 5. The van der Waals surface area contributed by atoms with E-state index in [1.807, 2.05) is 48.5 Å². The normalized spacial score (nSPS) is 12.2. The van der Waals surface area contributed by atoms with Crippen molar-refractivity contribution in [2.75, 3.05) is 6.61 Å². The molecule has 0 amide bonds. The van der Waals surface area contributed by atoms with Gasteiger partial charge in [0.25, 0.3) is 0 Å². The van der Waals surface area contributed by atoms with Crippen LogP contribution in [-0.2, 0) is 17.9 Å². The molecule has 1 heterocycles. The lowest BCUT2D eigenvalue weighted by Crippen LogP contribution is -2.23. The van der Waals surface area contributed by atoms with Crippen LogP contribution in [0.3, 0.4) is 0 Å². The Morgan fingerprint density at radius 3 is 2.62 bits per heavy atom. The molecule has 0 radical (unpaired) electrons. The summed E-state index contributed by atoms with van der Waals surface area (Å²) in [5.74, 6) is 0.528. The number of nitrogens with zero attached hydrogens (tertiary/aromatic N) is 4. The summed E-state index contributed by atoms with van der Waals surface area (Å²) in [5.41, 5.74) is 1.77. The molecule has 1 N–H and O–H groups in total. The van der Waals surface area contributed by atoms with Gasteiger partial charge in [-0.15, -0.1) is 10.2 Å². The van der Waals surface area contributed by atoms with Gasteiger partial charge in [-0.3, -0.25) is 0 Å². The van der Waals surface area contributed by atoms with Gasteiger partial charge < -0.3 is 9.84 Å². The molecule has 2 aromatic carbocycles. The smallest absolute Gasteiger partial charge is 0.204 e. The number of benzene rings is 2. The first-order valence-electron chi connectivity index (χ1n) is 7.55. The van der Waals surface area contributed by atoms with Gasteiger partial charge in [0.05, 0.1) is 25.9 Å². The molecule has 0 aliphatic carbocycles. The van der Waals surface area contributed by atoms with E-state index in [-0.39, 0.29) is 13.2 Å². The lowest BCUT2D eigenvalue weighted by atomic mass is 10.2. The van der Waals surface area contributed by atoms with Crippen molar-refractivity contribution in [2.24, 2.45) is 0 Å². The topological polar surface area (TPSA) is 73.1 Å². The molecule has 3 rings (SSSR count). The Labute approximate surface area is 144 Å². The summed E-state index contributed by atoms with van der Waals surface area (Å²) in [7, 11) is 0. The molecule has 1 atom stereocenters. The molecule has 1 unspecified atom stereocenters. The predicted molar refractivity (Wildman–Crippen MR) is 90.4 cm³/mol. The van der Waals surface area contributed by atoms with E-state index in [1.165, 1.54) is 4.80 Å². The standard InChI is InChI=1S/C17H17ClN4O2/c18-16-9-5-4-8-14(16)11-24-12-15(23)10-22-20-17(19-21-22)13-6-2-1-3-7-13/h1-9,15,23H,10-12H2. The Kier molecular flexibility index (Phi) is 5.53. The minimum Gasteiger partial charge on any atom is -0.389 e. The van der Waals surface area contributed by atoms with Gasteiger partial charge in [-0.1, -0.05) is 60.1 Å². The summed E-state index contributed by atoms with van der Waals surface area (Å²) < 4.78 is 5.50. The number of tetrazole rings is 1. The zero-order chi connectivity index (χ0) is 16.8. The van der Waals surface area contributed by atoms with Crippen molar-refractivity contribution in [3.8, 4) is 11.4 Å². The summed E-state index contributed by atoms with van der Waals surface area (Å²) >= 11 is 6.06. The number of aliphatic hydroxyl groups is 1. The summed E-state index contributed by atoms with van der Waals surface area (Å²) in [6.07, 6.45) is -0.731. The Hall–Kier alpha value is -2.28. The van der Waals surface area contributed by atoms with E-state index < -0.39 is 6.10 Å². The van der Waals surface area contributed by atoms with Gasteiger partial charge in [0.1, 0.15) is 0 Å².